The van der Waals surface area contributed by atoms with Crippen molar-refractivity contribution in [2.75, 3.05) is 12.8 Å². The highest BCUT2D eigenvalue weighted by molar-refractivity contribution is 7.91. The van der Waals surface area contributed by atoms with Crippen LogP contribution in [0, 0.1) is 0 Å². The van der Waals surface area contributed by atoms with E-state index in [1.807, 2.05) is 0 Å². The Morgan fingerprint density at radius 2 is 2.17 bits per heavy atom. The molecule has 1 rings (SSSR count). The van der Waals surface area contributed by atoms with Gasteiger partial charge in [-0.15, -0.1) is 11.3 Å². The third kappa shape index (κ3) is 3.87. The Bertz CT molecular complexity index is 563. The lowest BCUT2D eigenvalue weighted by atomic mass is 10.5. The van der Waals surface area contributed by atoms with E-state index in [2.05, 4.69) is 4.72 Å². The summed E-state index contributed by atoms with van der Waals surface area (Å²) in [7, 11) is -4.85. The lowest BCUT2D eigenvalue weighted by Gasteiger charge is -2.09. The molecular weight excluding hydrogens is 298 g/mol. The number of sulfonamides is 1. The van der Waals surface area contributed by atoms with Gasteiger partial charge < -0.3 is 5.11 Å². The van der Waals surface area contributed by atoms with Crippen LogP contribution in [-0.2, 0) is 20.8 Å². The molecule has 0 aliphatic heterocycles. The van der Waals surface area contributed by atoms with E-state index in [1.165, 1.54) is 18.4 Å². The van der Waals surface area contributed by atoms with Crippen molar-refractivity contribution in [2.24, 2.45) is 0 Å². The van der Waals surface area contributed by atoms with Gasteiger partial charge in [0.15, 0.2) is 0 Å². The average Bonchev–Trinajstić information content (AvgIpc) is 2.75. The molecule has 0 bridgehead atoms. The van der Waals surface area contributed by atoms with Crippen LogP contribution in [0.3, 0.4) is 0 Å². The fraction of sp³-hybridized carbons (Fsp3) is 0.444. The van der Waals surface area contributed by atoms with Crippen LogP contribution in [-0.4, -0.2) is 41.8 Å². The molecule has 0 radical (unpaired) electrons. The molecule has 0 aliphatic rings. The predicted molar refractivity (Wildman–Crippen MR) is 70.0 cm³/mol. The minimum Gasteiger partial charge on any atom is -0.477 e. The Kier molecular flexibility index (Phi) is 5.02. The molecule has 2 N–H and O–H groups in total. The van der Waals surface area contributed by atoms with E-state index in [9.17, 15) is 17.4 Å². The maximum atomic E-state index is 11.8. The second-order valence-electron chi connectivity index (χ2n) is 3.58. The first-order chi connectivity index (χ1) is 8.24. The van der Waals surface area contributed by atoms with Gasteiger partial charge in [-0.05, 0) is 19.1 Å². The molecule has 1 heterocycles. The first kappa shape index (κ1) is 15.3. The molecule has 1 aromatic rings. The van der Waals surface area contributed by atoms with Gasteiger partial charge >= 0.3 is 5.97 Å². The van der Waals surface area contributed by atoms with Crippen LogP contribution in [0.4, 0.5) is 0 Å². The second kappa shape index (κ2) is 5.91. The molecule has 102 valence electrons. The van der Waals surface area contributed by atoms with Crippen LogP contribution < -0.4 is 4.72 Å². The standard InChI is InChI=1S/C9H13NO5S3/c1-6(17(2)13)5-10-18(14,15)8-4-3-7(16-8)9(11)12/h3-4,6,10H,5H2,1-2H3,(H,11,12). The van der Waals surface area contributed by atoms with Crippen molar-refractivity contribution >= 4 is 38.1 Å². The third-order valence-electron chi connectivity index (χ3n) is 2.18. The first-order valence-corrected chi connectivity index (χ1v) is 8.81. The van der Waals surface area contributed by atoms with Gasteiger partial charge in [0.2, 0.25) is 10.0 Å². The average molecular weight is 311 g/mol. The second-order valence-corrected chi connectivity index (χ2v) is 8.46. The lowest BCUT2D eigenvalue weighted by Crippen LogP contribution is -2.32. The summed E-state index contributed by atoms with van der Waals surface area (Å²) >= 11 is 0.682. The SMILES string of the molecule is CC(CNS(=O)(=O)c1ccc(C(=O)O)s1)S(C)=O. The molecular formula is C9H13NO5S3. The van der Waals surface area contributed by atoms with Gasteiger partial charge in [-0.1, -0.05) is 0 Å². The van der Waals surface area contributed by atoms with Gasteiger partial charge in [0.25, 0.3) is 0 Å². The number of thiophene rings is 1. The maximum Gasteiger partial charge on any atom is 0.345 e. The molecule has 0 aromatic carbocycles. The lowest BCUT2D eigenvalue weighted by molar-refractivity contribution is 0.0702. The quantitative estimate of drug-likeness (QED) is 0.796. The van der Waals surface area contributed by atoms with E-state index in [0.29, 0.717) is 11.3 Å². The van der Waals surface area contributed by atoms with Crippen molar-refractivity contribution in [1.29, 1.82) is 0 Å². The molecule has 0 aliphatic carbocycles. The molecule has 0 spiro atoms. The van der Waals surface area contributed by atoms with Gasteiger partial charge in [0, 0.05) is 28.9 Å². The van der Waals surface area contributed by atoms with Crippen LogP contribution in [0.15, 0.2) is 16.3 Å². The van der Waals surface area contributed by atoms with Crippen molar-refractivity contribution < 1.29 is 22.5 Å². The molecule has 0 amide bonds. The van der Waals surface area contributed by atoms with Gasteiger partial charge in [-0.2, -0.15) is 0 Å². The molecule has 9 heteroatoms. The normalized spacial score (nSPS) is 15.2. The summed E-state index contributed by atoms with van der Waals surface area (Å²) in [5.74, 6) is -1.16. The van der Waals surface area contributed by atoms with Crippen molar-refractivity contribution in [3.8, 4) is 0 Å². The molecule has 1 aromatic heterocycles. The van der Waals surface area contributed by atoms with E-state index >= 15 is 0 Å². The van der Waals surface area contributed by atoms with Crippen LogP contribution in [0.1, 0.15) is 16.6 Å². The van der Waals surface area contributed by atoms with E-state index in [-0.39, 0.29) is 20.9 Å². The number of carbonyl (C=O) groups is 1. The molecule has 0 fully saturated rings. The Labute approximate surface area is 112 Å². The summed E-state index contributed by atoms with van der Waals surface area (Å²) in [6.45, 7) is 1.71. The monoisotopic (exact) mass is 311 g/mol. The van der Waals surface area contributed by atoms with Gasteiger partial charge in [0.1, 0.15) is 9.09 Å². The smallest absolute Gasteiger partial charge is 0.345 e. The summed E-state index contributed by atoms with van der Waals surface area (Å²) in [6.07, 6.45) is 1.49. The van der Waals surface area contributed by atoms with Crippen molar-refractivity contribution in [3.05, 3.63) is 17.0 Å². The predicted octanol–water partition coefficient (Wildman–Crippen LogP) is 0.492. The summed E-state index contributed by atoms with van der Waals surface area (Å²) in [6, 6.07) is 2.48. The fourth-order valence-corrected chi connectivity index (χ4v) is 3.74. The van der Waals surface area contributed by atoms with Gasteiger partial charge in [-0.3, -0.25) is 4.21 Å². The molecule has 6 nitrogen and oxygen atoms in total. The number of aromatic carboxylic acids is 1. The number of nitrogens with one attached hydrogen (secondary N) is 1. The van der Waals surface area contributed by atoms with Crippen molar-refractivity contribution in [2.45, 2.75) is 16.4 Å². The molecule has 18 heavy (non-hydrogen) atoms. The third-order valence-corrected chi connectivity index (χ3v) is 6.47. The van der Waals surface area contributed by atoms with Crippen LogP contribution in [0.5, 0.6) is 0 Å². The van der Waals surface area contributed by atoms with Crippen LogP contribution in [0.25, 0.3) is 0 Å². The van der Waals surface area contributed by atoms with E-state index in [1.54, 1.807) is 6.92 Å². The van der Waals surface area contributed by atoms with E-state index in [0.717, 1.165) is 0 Å². The Hall–Kier alpha value is -0.770. The Balaban J connectivity index is 2.80. The highest BCUT2D eigenvalue weighted by Crippen LogP contribution is 2.21. The van der Waals surface area contributed by atoms with Crippen molar-refractivity contribution in [1.82, 2.24) is 4.72 Å². The van der Waals surface area contributed by atoms with E-state index in [4.69, 9.17) is 5.11 Å². The maximum absolute atomic E-state index is 11.8. The minimum atomic E-state index is -3.73. The number of hydrogen-bond donors (Lipinski definition) is 2. The minimum absolute atomic E-state index is 0.0394. The fourth-order valence-electron chi connectivity index (χ4n) is 0.995. The Morgan fingerprint density at radius 3 is 2.61 bits per heavy atom. The summed E-state index contributed by atoms with van der Waals surface area (Å²) in [5, 5.41) is 8.40. The highest BCUT2D eigenvalue weighted by Gasteiger charge is 2.20. The molecule has 2 unspecified atom stereocenters. The van der Waals surface area contributed by atoms with Gasteiger partial charge in [-0.25, -0.2) is 17.9 Å². The summed E-state index contributed by atoms with van der Waals surface area (Å²) in [5.41, 5.74) is 0. The zero-order chi connectivity index (χ0) is 13.9. The first-order valence-electron chi connectivity index (χ1n) is 4.89. The van der Waals surface area contributed by atoms with Crippen LogP contribution >= 0.6 is 11.3 Å². The largest absolute Gasteiger partial charge is 0.477 e. The molecule has 2 atom stereocenters. The van der Waals surface area contributed by atoms with Crippen molar-refractivity contribution in [3.63, 3.8) is 0 Å². The number of hydrogen-bond acceptors (Lipinski definition) is 5. The Morgan fingerprint density at radius 1 is 1.56 bits per heavy atom. The number of carboxylic acids is 1. The van der Waals surface area contributed by atoms with Crippen LogP contribution in [0.2, 0.25) is 0 Å². The van der Waals surface area contributed by atoms with Gasteiger partial charge in [0.05, 0.1) is 0 Å². The summed E-state index contributed by atoms with van der Waals surface area (Å²) in [4.78, 5) is 10.6. The highest BCUT2D eigenvalue weighted by atomic mass is 32.2. The number of carboxylic acid groups (broad SMARTS) is 1. The number of rotatable bonds is 6. The zero-order valence-electron chi connectivity index (χ0n) is 9.74. The zero-order valence-corrected chi connectivity index (χ0v) is 12.2. The van der Waals surface area contributed by atoms with E-state index < -0.39 is 26.8 Å². The summed E-state index contributed by atoms with van der Waals surface area (Å²) < 4.78 is 36.9. The topological polar surface area (TPSA) is 101 Å². The molecule has 0 saturated carbocycles. The molecule has 0 saturated heterocycles.